The molecule has 0 bridgehead atoms. The molecule has 3 nitrogen and oxygen atoms in total. The summed E-state index contributed by atoms with van der Waals surface area (Å²) >= 11 is 0. The fourth-order valence-corrected chi connectivity index (χ4v) is 2.60. The molecule has 1 aliphatic heterocycles. The minimum absolute atomic E-state index is 0.251. The van der Waals surface area contributed by atoms with Crippen LogP contribution in [0.15, 0.2) is 12.3 Å². The molecule has 16 heavy (non-hydrogen) atoms. The molecule has 1 unspecified atom stereocenters. The van der Waals surface area contributed by atoms with Gasteiger partial charge in [0.1, 0.15) is 5.82 Å². The Morgan fingerprint density at radius 1 is 1.50 bits per heavy atom. The van der Waals surface area contributed by atoms with Crippen molar-refractivity contribution in [2.45, 2.75) is 45.6 Å². The number of hydrogen-bond acceptors (Lipinski definition) is 3. The Bertz CT molecular complexity index is 354. The lowest BCUT2D eigenvalue weighted by atomic mass is 9.81. The van der Waals surface area contributed by atoms with Gasteiger partial charge in [-0.05, 0) is 38.3 Å². The molecule has 1 saturated heterocycles. The van der Waals surface area contributed by atoms with E-state index in [0.29, 0.717) is 5.92 Å². The van der Waals surface area contributed by atoms with Crippen LogP contribution in [0, 0.1) is 12.8 Å². The van der Waals surface area contributed by atoms with E-state index in [1.54, 1.807) is 0 Å². The number of hydrogen-bond donors (Lipinski definition) is 1. The second-order valence-electron chi connectivity index (χ2n) is 5.11. The van der Waals surface area contributed by atoms with Crippen LogP contribution in [0.3, 0.4) is 0 Å². The second-order valence-corrected chi connectivity index (χ2v) is 5.11. The zero-order valence-electron chi connectivity index (χ0n) is 10.5. The average Bonchev–Trinajstić information content (AvgIpc) is 2.67. The average molecular weight is 219 g/mol. The first-order valence-electron chi connectivity index (χ1n) is 6.16. The van der Waals surface area contributed by atoms with Crippen LogP contribution in [0.1, 0.15) is 38.2 Å². The molecule has 3 heteroatoms. The standard InChI is InChI=1S/C13H21N3/c1-10(2)13(6-4-7-15-13)9-12-5-8-14-11(3)16-12/h5,8,10,15H,4,6-7,9H2,1-3H3. The van der Waals surface area contributed by atoms with Gasteiger partial charge in [-0.3, -0.25) is 0 Å². The number of aryl methyl sites for hydroxylation is 1. The predicted octanol–water partition coefficient (Wildman–Crippen LogP) is 2.11. The molecule has 2 heterocycles. The number of rotatable bonds is 3. The Morgan fingerprint density at radius 2 is 2.31 bits per heavy atom. The lowest BCUT2D eigenvalue weighted by Crippen LogP contribution is -2.46. The lowest BCUT2D eigenvalue weighted by molar-refractivity contribution is 0.267. The highest BCUT2D eigenvalue weighted by atomic mass is 15.0. The van der Waals surface area contributed by atoms with Crippen LogP contribution in [0.4, 0.5) is 0 Å². The summed E-state index contributed by atoms with van der Waals surface area (Å²) < 4.78 is 0. The zero-order chi connectivity index (χ0) is 11.6. The highest BCUT2D eigenvalue weighted by molar-refractivity contribution is 5.10. The summed E-state index contributed by atoms with van der Waals surface area (Å²) in [6.45, 7) is 7.69. The van der Waals surface area contributed by atoms with Crippen LogP contribution in [-0.4, -0.2) is 22.1 Å². The Labute approximate surface area is 97.7 Å². The monoisotopic (exact) mass is 219 g/mol. The Kier molecular flexibility index (Phi) is 3.24. The summed E-state index contributed by atoms with van der Waals surface area (Å²) in [6.07, 6.45) is 5.42. The quantitative estimate of drug-likeness (QED) is 0.846. The van der Waals surface area contributed by atoms with Gasteiger partial charge < -0.3 is 5.32 Å². The van der Waals surface area contributed by atoms with Gasteiger partial charge in [0.15, 0.2) is 0 Å². The third-order valence-corrected chi connectivity index (χ3v) is 3.71. The first-order valence-corrected chi connectivity index (χ1v) is 6.16. The maximum atomic E-state index is 4.51. The topological polar surface area (TPSA) is 37.8 Å². The molecule has 0 amide bonds. The Morgan fingerprint density at radius 3 is 2.88 bits per heavy atom. The van der Waals surface area contributed by atoms with Crippen LogP contribution in [0.25, 0.3) is 0 Å². The number of nitrogens with one attached hydrogen (secondary N) is 1. The molecule has 0 aromatic carbocycles. The maximum Gasteiger partial charge on any atom is 0.125 e. The van der Waals surface area contributed by atoms with Gasteiger partial charge in [-0.2, -0.15) is 0 Å². The van der Waals surface area contributed by atoms with Gasteiger partial charge in [0.25, 0.3) is 0 Å². The zero-order valence-corrected chi connectivity index (χ0v) is 10.5. The molecule has 1 aromatic heterocycles. The van der Waals surface area contributed by atoms with E-state index in [0.717, 1.165) is 24.5 Å². The van der Waals surface area contributed by atoms with Crippen LogP contribution in [0.5, 0.6) is 0 Å². The minimum Gasteiger partial charge on any atom is -0.311 e. The van der Waals surface area contributed by atoms with Crippen LogP contribution >= 0.6 is 0 Å². The largest absolute Gasteiger partial charge is 0.311 e. The van der Waals surface area contributed by atoms with E-state index in [1.807, 2.05) is 19.2 Å². The third kappa shape index (κ3) is 2.24. The van der Waals surface area contributed by atoms with Crippen molar-refractivity contribution in [3.05, 3.63) is 23.8 Å². The van der Waals surface area contributed by atoms with Gasteiger partial charge in [-0.1, -0.05) is 13.8 Å². The summed E-state index contributed by atoms with van der Waals surface area (Å²) in [5, 5.41) is 3.68. The molecule has 1 aliphatic rings. The molecule has 1 atom stereocenters. The highest BCUT2D eigenvalue weighted by Crippen LogP contribution is 2.30. The summed E-state index contributed by atoms with van der Waals surface area (Å²) in [6, 6.07) is 2.04. The molecule has 88 valence electrons. The van der Waals surface area contributed by atoms with Crippen LogP contribution in [-0.2, 0) is 6.42 Å². The first kappa shape index (κ1) is 11.5. The fraction of sp³-hybridized carbons (Fsp3) is 0.692. The van der Waals surface area contributed by atoms with E-state index >= 15 is 0 Å². The van der Waals surface area contributed by atoms with Crippen molar-refractivity contribution >= 4 is 0 Å². The van der Waals surface area contributed by atoms with Crippen molar-refractivity contribution in [2.24, 2.45) is 5.92 Å². The molecular weight excluding hydrogens is 198 g/mol. The molecule has 0 aliphatic carbocycles. The van der Waals surface area contributed by atoms with Gasteiger partial charge in [-0.15, -0.1) is 0 Å². The van der Waals surface area contributed by atoms with E-state index in [1.165, 1.54) is 12.8 Å². The SMILES string of the molecule is Cc1nccc(CC2(C(C)C)CCCN2)n1. The molecule has 0 saturated carbocycles. The normalized spacial score (nSPS) is 25.2. The van der Waals surface area contributed by atoms with E-state index in [4.69, 9.17) is 0 Å². The first-order chi connectivity index (χ1) is 7.62. The number of aromatic nitrogens is 2. The minimum atomic E-state index is 0.251. The molecule has 2 rings (SSSR count). The van der Waals surface area contributed by atoms with Crippen molar-refractivity contribution in [3.63, 3.8) is 0 Å². The summed E-state index contributed by atoms with van der Waals surface area (Å²) in [4.78, 5) is 8.66. The van der Waals surface area contributed by atoms with Crippen molar-refractivity contribution in [2.75, 3.05) is 6.54 Å². The Hall–Kier alpha value is -0.960. The van der Waals surface area contributed by atoms with Gasteiger partial charge >= 0.3 is 0 Å². The second kappa shape index (κ2) is 4.50. The molecule has 0 radical (unpaired) electrons. The van der Waals surface area contributed by atoms with Gasteiger partial charge in [-0.25, -0.2) is 9.97 Å². The smallest absolute Gasteiger partial charge is 0.125 e. The highest BCUT2D eigenvalue weighted by Gasteiger charge is 2.36. The van der Waals surface area contributed by atoms with Gasteiger partial charge in [0, 0.05) is 23.9 Å². The molecule has 1 aromatic rings. The van der Waals surface area contributed by atoms with E-state index < -0.39 is 0 Å². The molecule has 0 spiro atoms. The molecule has 1 fully saturated rings. The third-order valence-electron chi connectivity index (χ3n) is 3.71. The van der Waals surface area contributed by atoms with Crippen LogP contribution < -0.4 is 5.32 Å². The van der Waals surface area contributed by atoms with E-state index in [-0.39, 0.29) is 5.54 Å². The summed E-state index contributed by atoms with van der Waals surface area (Å²) in [5.41, 5.74) is 1.41. The van der Waals surface area contributed by atoms with Crippen LogP contribution in [0.2, 0.25) is 0 Å². The maximum absolute atomic E-state index is 4.51. The van der Waals surface area contributed by atoms with E-state index in [2.05, 4.69) is 29.1 Å². The van der Waals surface area contributed by atoms with Crippen molar-refractivity contribution < 1.29 is 0 Å². The van der Waals surface area contributed by atoms with Crippen molar-refractivity contribution in [1.82, 2.24) is 15.3 Å². The molecular formula is C13H21N3. The number of nitrogens with zero attached hydrogens (tertiary/aromatic N) is 2. The van der Waals surface area contributed by atoms with E-state index in [9.17, 15) is 0 Å². The van der Waals surface area contributed by atoms with Gasteiger partial charge in [0.05, 0.1) is 0 Å². The summed E-state index contributed by atoms with van der Waals surface area (Å²) in [7, 11) is 0. The van der Waals surface area contributed by atoms with Gasteiger partial charge in [0.2, 0.25) is 0 Å². The lowest BCUT2D eigenvalue weighted by Gasteiger charge is -2.33. The van der Waals surface area contributed by atoms with Crippen molar-refractivity contribution in [1.29, 1.82) is 0 Å². The Balaban J connectivity index is 2.18. The molecule has 1 N–H and O–H groups in total. The fourth-order valence-electron chi connectivity index (χ4n) is 2.60. The predicted molar refractivity (Wildman–Crippen MR) is 65.3 cm³/mol. The van der Waals surface area contributed by atoms with Crippen molar-refractivity contribution in [3.8, 4) is 0 Å². The summed E-state index contributed by atoms with van der Waals surface area (Å²) in [5.74, 6) is 1.51.